The van der Waals surface area contributed by atoms with Gasteiger partial charge in [-0.25, -0.2) is 0 Å². The molecule has 1 amide bonds. The minimum atomic E-state index is -0.162. The number of carbonyl (C=O) groups excluding carboxylic acids is 1. The number of hydrogen-bond acceptors (Lipinski definition) is 2. The Morgan fingerprint density at radius 3 is 2.65 bits per heavy atom. The highest BCUT2D eigenvalue weighted by molar-refractivity contribution is 9.10. The fourth-order valence-electron chi connectivity index (χ4n) is 1.42. The topological polar surface area (TPSA) is 70.9 Å². The Morgan fingerprint density at radius 1 is 1.35 bits per heavy atom. The summed E-state index contributed by atoms with van der Waals surface area (Å²) in [5.41, 5.74) is 7.59. The Labute approximate surface area is 107 Å². The van der Waals surface area contributed by atoms with Crippen molar-refractivity contribution in [2.45, 2.75) is 6.54 Å². The molecule has 0 aliphatic rings. The van der Waals surface area contributed by atoms with Crippen LogP contribution in [0.5, 0.6) is 0 Å². The Hall–Kier alpha value is -1.75. The van der Waals surface area contributed by atoms with Gasteiger partial charge in [0, 0.05) is 22.9 Å². The lowest BCUT2D eigenvalue weighted by Crippen LogP contribution is -2.22. The van der Waals surface area contributed by atoms with Crippen molar-refractivity contribution >= 4 is 27.5 Å². The first-order chi connectivity index (χ1) is 8.15. The van der Waals surface area contributed by atoms with Crippen LogP contribution in [0.4, 0.5) is 5.69 Å². The number of aromatic amines is 1. The number of carbonyl (C=O) groups is 1. The van der Waals surface area contributed by atoms with Gasteiger partial charge in [0.2, 0.25) is 0 Å². The zero-order valence-corrected chi connectivity index (χ0v) is 10.6. The van der Waals surface area contributed by atoms with Crippen molar-refractivity contribution < 1.29 is 4.79 Å². The highest BCUT2D eigenvalue weighted by atomic mass is 79.9. The summed E-state index contributed by atoms with van der Waals surface area (Å²) in [6.07, 6.45) is 1.59. The number of hydrogen-bond donors (Lipinski definition) is 3. The molecule has 5 heteroatoms. The largest absolute Gasteiger partial charge is 0.397 e. The summed E-state index contributed by atoms with van der Waals surface area (Å²) in [4.78, 5) is 14.5. The average molecular weight is 294 g/mol. The maximum atomic E-state index is 11.7. The fraction of sp³-hybridized carbons (Fsp3) is 0.0833. The molecule has 0 fully saturated rings. The van der Waals surface area contributed by atoms with Crippen molar-refractivity contribution in [3.63, 3.8) is 0 Å². The molecule has 1 heterocycles. The van der Waals surface area contributed by atoms with E-state index < -0.39 is 0 Å². The Bertz CT molecular complexity index is 519. The zero-order valence-electron chi connectivity index (χ0n) is 9.03. The second-order valence-electron chi connectivity index (χ2n) is 3.66. The smallest absolute Gasteiger partial charge is 0.268 e. The molecule has 0 spiro atoms. The summed E-state index contributed by atoms with van der Waals surface area (Å²) >= 11 is 3.36. The molecule has 0 saturated heterocycles. The van der Waals surface area contributed by atoms with Crippen molar-refractivity contribution in [2.24, 2.45) is 0 Å². The predicted molar refractivity (Wildman–Crippen MR) is 70.5 cm³/mol. The van der Waals surface area contributed by atoms with Crippen LogP contribution in [0.1, 0.15) is 16.1 Å². The number of H-pyrrole nitrogens is 1. The summed E-state index contributed by atoms with van der Waals surface area (Å²) in [7, 11) is 0. The van der Waals surface area contributed by atoms with E-state index >= 15 is 0 Å². The van der Waals surface area contributed by atoms with Crippen molar-refractivity contribution in [2.75, 3.05) is 5.73 Å². The molecule has 2 aromatic rings. The van der Waals surface area contributed by atoms with Gasteiger partial charge >= 0.3 is 0 Å². The molecule has 88 valence electrons. The van der Waals surface area contributed by atoms with E-state index in [0.29, 0.717) is 17.9 Å². The molecule has 0 aliphatic heterocycles. The van der Waals surface area contributed by atoms with E-state index in [1.165, 1.54) is 0 Å². The van der Waals surface area contributed by atoms with Gasteiger partial charge < -0.3 is 16.0 Å². The molecule has 0 radical (unpaired) electrons. The first-order valence-corrected chi connectivity index (χ1v) is 5.91. The van der Waals surface area contributed by atoms with Crippen molar-refractivity contribution in [3.8, 4) is 0 Å². The fourth-order valence-corrected chi connectivity index (χ4v) is 1.69. The van der Waals surface area contributed by atoms with Gasteiger partial charge in [-0.05, 0) is 23.8 Å². The van der Waals surface area contributed by atoms with E-state index in [0.717, 1.165) is 10.0 Å². The predicted octanol–water partition coefficient (Wildman–Crippen LogP) is 2.29. The second-order valence-corrected chi connectivity index (χ2v) is 4.57. The van der Waals surface area contributed by atoms with Gasteiger partial charge in [0.1, 0.15) is 5.69 Å². The van der Waals surface area contributed by atoms with Crippen molar-refractivity contribution in [1.29, 1.82) is 0 Å². The average Bonchev–Trinajstić information content (AvgIpc) is 2.75. The third-order valence-electron chi connectivity index (χ3n) is 2.32. The number of nitrogens with one attached hydrogen (secondary N) is 2. The normalized spacial score (nSPS) is 10.2. The van der Waals surface area contributed by atoms with Crippen LogP contribution in [0.2, 0.25) is 0 Å². The number of benzene rings is 1. The van der Waals surface area contributed by atoms with Gasteiger partial charge in [-0.1, -0.05) is 28.1 Å². The SMILES string of the molecule is Nc1c[nH]c(C(=O)NCc2ccc(Br)cc2)c1. The lowest BCUT2D eigenvalue weighted by molar-refractivity contribution is 0.0946. The Kier molecular flexibility index (Phi) is 3.49. The molecule has 2 rings (SSSR count). The standard InChI is InChI=1S/C12H12BrN3O/c13-9-3-1-8(2-4-9)6-16-12(17)11-5-10(14)7-15-11/h1-5,7,15H,6,14H2,(H,16,17). The molecule has 0 unspecified atom stereocenters. The summed E-state index contributed by atoms with van der Waals surface area (Å²) in [6.45, 7) is 0.491. The van der Waals surface area contributed by atoms with Gasteiger partial charge in [-0.2, -0.15) is 0 Å². The van der Waals surface area contributed by atoms with Gasteiger partial charge in [0.25, 0.3) is 5.91 Å². The quantitative estimate of drug-likeness (QED) is 0.812. The Morgan fingerprint density at radius 2 is 2.06 bits per heavy atom. The van der Waals surface area contributed by atoms with Crippen LogP contribution in [0.15, 0.2) is 41.0 Å². The number of nitrogens with two attached hydrogens (primary N) is 1. The number of halogens is 1. The molecule has 0 aliphatic carbocycles. The number of aromatic nitrogens is 1. The van der Waals surface area contributed by atoms with E-state index in [9.17, 15) is 4.79 Å². The van der Waals surface area contributed by atoms with Crippen LogP contribution in [0.3, 0.4) is 0 Å². The number of anilines is 1. The second kappa shape index (κ2) is 5.05. The summed E-state index contributed by atoms with van der Waals surface area (Å²) in [6, 6.07) is 9.39. The van der Waals surface area contributed by atoms with Crippen LogP contribution < -0.4 is 11.1 Å². The van der Waals surface area contributed by atoms with E-state index in [-0.39, 0.29) is 5.91 Å². The molecule has 0 bridgehead atoms. The molecule has 4 N–H and O–H groups in total. The maximum absolute atomic E-state index is 11.7. The first kappa shape index (κ1) is 11.7. The molecule has 1 aromatic heterocycles. The summed E-state index contributed by atoms with van der Waals surface area (Å²) in [5.74, 6) is -0.162. The molecule has 0 saturated carbocycles. The van der Waals surface area contributed by atoms with Crippen molar-refractivity contribution in [1.82, 2.24) is 10.3 Å². The first-order valence-electron chi connectivity index (χ1n) is 5.11. The number of amides is 1. The van der Waals surface area contributed by atoms with Crippen LogP contribution in [0.25, 0.3) is 0 Å². The summed E-state index contributed by atoms with van der Waals surface area (Å²) in [5, 5.41) is 2.81. The maximum Gasteiger partial charge on any atom is 0.268 e. The van der Waals surface area contributed by atoms with Crippen LogP contribution in [0, 0.1) is 0 Å². The molecular formula is C12H12BrN3O. The third kappa shape index (κ3) is 3.10. The molecule has 1 aromatic carbocycles. The highest BCUT2D eigenvalue weighted by Gasteiger charge is 2.06. The minimum absolute atomic E-state index is 0.162. The zero-order chi connectivity index (χ0) is 12.3. The van der Waals surface area contributed by atoms with Crippen LogP contribution in [-0.2, 0) is 6.54 Å². The highest BCUT2D eigenvalue weighted by Crippen LogP contribution is 2.10. The minimum Gasteiger partial charge on any atom is -0.397 e. The van der Waals surface area contributed by atoms with Crippen LogP contribution in [-0.4, -0.2) is 10.9 Å². The van der Waals surface area contributed by atoms with Crippen molar-refractivity contribution in [3.05, 3.63) is 52.3 Å². The monoisotopic (exact) mass is 293 g/mol. The van der Waals surface area contributed by atoms with Gasteiger partial charge in [-0.15, -0.1) is 0 Å². The van der Waals surface area contributed by atoms with Gasteiger partial charge in [-0.3, -0.25) is 4.79 Å². The molecular weight excluding hydrogens is 282 g/mol. The molecule has 17 heavy (non-hydrogen) atoms. The van der Waals surface area contributed by atoms with Crippen LogP contribution >= 0.6 is 15.9 Å². The van der Waals surface area contributed by atoms with E-state index in [4.69, 9.17) is 5.73 Å². The number of rotatable bonds is 3. The lowest BCUT2D eigenvalue weighted by atomic mass is 10.2. The third-order valence-corrected chi connectivity index (χ3v) is 2.84. The Balaban J connectivity index is 1.94. The van der Waals surface area contributed by atoms with Gasteiger partial charge in [0.15, 0.2) is 0 Å². The molecule has 4 nitrogen and oxygen atoms in total. The number of nitrogen functional groups attached to an aromatic ring is 1. The van der Waals surface area contributed by atoms with E-state index in [1.54, 1.807) is 12.3 Å². The summed E-state index contributed by atoms with van der Waals surface area (Å²) < 4.78 is 1.02. The van der Waals surface area contributed by atoms with E-state index in [1.807, 2.05) is 24.3 Å². The molecule has 0 atom stereocenters. The van der Waals surface area contributed by atoms with Gasteiger partial charge in [0.05, 0.1) is 0 Å². The van der Waals surface area contributed by atoms with E-state index in [2.05, 4.69) is 26.2 Å². The lowest BCUT2D eigenvalue weighted by Gasteiger charge is -2.03.